The highest BCUT2D eigenvalue weighted by Crippen LogP contribution is 2.22. The van der Waals surface area contributed by atoms with Crippen LogP contribution in [-0.2, 0) is 16.1 Å². The Morgan fingerprint density at radius 3 is 2.72 bits per heavy atom. The lowest BCUT2D eigenvalue weighted by Gasteiger charge is -2.15. The van der Waals surface area contributed by atoms with Gasteiger partial charge in [-0.25, -0.2) is 9.18 Å². The summed E-state index contributed by atoms with van der Waals surface area (Å²) in [6.45, 7) is 1.92. The zero-order chi connectivity index (χ0) is 18.4. The third-order valence-corrected chi connectivity index (χ3v) is 4.65. The standard InChI is InChI=1S/C18H20FNO4S/c1-12-14(18(22)23-3)10-13(24-12)11-20(2)17(21)8-9-25-16-7-5-4-6-15(16)19/h4-7,10H,8-9,11H2,1-3H3. The van der Waals surface area contributed by atoms with Gasteiger partial charge >= 0.3 is 5.97 Å². The topological polar surface area (TPSA) is 59.8 Å². The Bertz CT molecular complexity index is 759. The van der Waals surface area contributed by atoms with Gasteiger partial charge in [0.1, 0.15) is 22.9 Å². The molecule has 0 bridgehead atoms. The highest BCUT2D eigenvalue weighted by molar-refractivity contribution is 7.99. The molecule has 1 aromatic heterocycles. The molecule has 5 nitrogen and oxygen atoms in total. The largest absolute Gasteiger partial charge is 0.465 e. The summed E-state index contributed by atoms with van der Waals surface area (Å²) < 4.78 is 23.7. The summed E-state index contributed by atoms with van der Waals surface area (Å²) in [4.78, 5) is 25.8. The zero-order valence-corrected chi connectivity index (χ0v) is 15.2. The quantitative estimate of drug-likeness (QED) is 0.554. The number of furan rings is 1. The lowest BCUT2D eigenvalue weighted by molar-refractivity contribution is -0.130. The van der Waals surface area contributed by atoms with E-state index in [-0.39, 0.29) is 24.7 Å². The van der Waals surface area contributed by atoms with E-state index >= 15 is 0 Å². The summed E-state index contributed by atoms with van der Waals surface area (Å²) in [6, 6.07) is 8.06. The van der Waals surface area contributed by atoms with Crippen molar-refractivity contribution in [2.24, 2.45) is 0 Å². The zero-order valence-electron chi connectivity index (χ0n) is 14.4. The number of esters is 1. The van der Waals surface area contributed by atoms with E-state index in [9.17, 15) is 14.0 Å². The number of carbonyl (C=O) groups excluding carboxylic acids is 2. The maximum atomic E-state index is 13.5. The highest BCUT2D eigenvalue weighted by atomic mass is 32.2. The number of nitrogens with zero attached hydrogens (tertiary/aromatic N) is 1. The fourth-order valence-electron chi connectivity index (χ4n) is 2.26. The first-order chi connectivity index (χ1) is 11.9. The van der Waals surface area contributed by atoms with Crippen LogP contribution in [-0.4, -0.2) is 36.7 Å². The van der Waals surface area contributed by atoms with Gasteiger partial charge in [0.05, 0.1) is 13.7 Å². The van der Waals surface area contributed by atoms with Crippen LogP contribution in [0.4, 0.5) is 4.39 Å². The van der Waals surface area contributed by atoms with Gasteiger partial charge in [0.15, 0.2) is 0 Å². The molecule has 0 unspecified atom stereocenters. The Morgan fingerprint density at radius 2 is 2.04 bits per heavy atom. The van der Waals surface area contributed by atoms with Crippen LogP contribution in [0, 0.1) is 12.7 Å². The number of rotatable bonds is 7. The van der Waals surface area contributed by atoms with E-state index in [0.29, 0.717) is 27.7 Å². The van der Waals surface area contributed by atoms with Crippen molar-refractivity contribution in [2.75, 3.05) is 19.9 Å². The smallest absolute Gasteiger partial charge is 0.341 e. The van der Waals surface area contributed by atoms with Crippen LogP contribution >= 0.6 is 11.8 Å². The molecule has 0 atom stereocenters. The number of hydrogen-bond donors (Lipinski definition) is 0. The molecular formula is C18H20FNO4S. The van der Waals surface area contributed by atoms with Crippen molar-refractivity contribution in [1.29, 1.82) is 0 Å². The molecule has 0 saturated heterocycles. The predicted molar refractivity (Wildman–Crippen MR) is 93.0 cm³/mol. The monoisotopic (exact) mass is 365 g/mol. The molecule has 0 aliphatic rings. The minimum atomic E-state index is -0.470. The van der Waals surface area contributed by atoms with Crippen molar-refractivity contribution < 1.29 is 23.1 Å². The molecule has 0 radical (unpaired) electrons. The molecule has 25 heavy (non-hydrogen) atoms. The first-order valence-electron chi connectivity index (χ1n) is 7.71. The number of halogens is 1. The van der Waals surface area contributed by atoms with Gasteiger partial charge in [0, 0.05) is 24.1 Å². The van der Waals surface area contributed by atoms with E-state index in [0.717, 1.165) is 0 Å². The van der Waals surface area contributed by atoms with Crippen molar-refractivity contribution in [1.82, 2.24) is 4.90 Å². The molecule has 0 spiro atoms. The van der Waals surface area contributed by atoms with Crippen LogP contribution in [0.5, 0.6) is 0 Å². The van der Waals surface area contributed by atoms with E-state index in [1.54, 1.807) is 38.2 Å². The van der Waals surface area contributed by atoms with Gasteiger partial charge in [-0.3, -0.25) is 4.79 Å². The number of methoxy groups -OCH3 is 1. The maximum Gasteiger partial charge on any atom is 0.341 e. The molecule has 0 fully saturated rings. The van der Waals surface area contributed by atoms with Crippen molar-refractivity contribution >= 4 is 23.6 Å². The van der Waals surface area contributed by atoms with Crippen LogP contribution in [0.2, 0.25) is 0 Å². The average molecular weight is 365 g/mol. The van der Waals surface area contributed by atoms with Gasteiger partial charge in [0.25, 0.3) is 0 Å². The van der Waals surface area contributed by atoms with Crippen LogP contribution in [0.1, 0.15) is 28.3 Å². The number of ether oxygens (including phenoxy) is 1. The number of carbonyl (C=O) groups is 2. The van der Waals surface area contributed by atoms with Gasteiger partial charge in [-0.2, -0.15) is 0 Å². The van der Waals surface area contributed by atoms with Crippen molar-refractivity contribution in [3.63, 3.8) is 0 Å². The SMILES string of the molecule is COC(=O)c1cc(CN(C)C(=O)CCSc2ccccc2F)oc1C. The number of aryl methyl sites for hydroxylation is 1. The Hall–Kier alpha value is -2.28. The number of hydrogen-bond acceptors (Lipinski definition) is 5. The second kappa shape index (κ2) is 8.71. The normalized spacial score (nSPS) is 10.6. The van der Waals surface area contributed by atoms with E-state index in [2.05, 4.69) is 4.74 Å². The Morgan fingerprint density at radius 1 is 1.32 bits per heavy atom. The summed E-state index contributed by atoms with van der Waals surface area (Å²) in [5.41, 5.74) is 0.355. The van der Waals surface area contributed by atoms with E-state index < -0.39 is 5.97 Å². The molecule has 1 amide bonds. The summed E-state index contributed by atoms with van der Waals surface area (Å²) in [5, 5.41) is 0. The molecule has 1 aromatic carbocycles. The average Bonchev–Trinajstić information content (AvgIpc) is 2.96. The lowest BCUT2D eigenvalue weighted by Crippen LogP contribution is -2.26. The highest BCUT2D eigenvalue weighted by Gasteiger charge is 2.18. The van der Waals surface area contributed by atoms with Gasteiger partial charge in [0.2, 0.25) is 5.91 Å². The molecule has 0 aliphatic carbocycles. The Kier molecular flexibility index (Phi) is 6.64. The number of amides is 1. The third kappa shape index (κ3) is 5.09. The maximum absolute atomic E-state index is 13.5. The Labute approximate surface area is 150 Å². The number of benzene rings is 1. The van der Waals surface area contributed by atoms with Crippen LogP contribution in [0.3, 0.4) is 0 Å². The van der Waals surface area contributed by atoms with Crippen molar-refractivity contribution in [3.05, 3.63) is 53.2 Å². The van der Waals surface area contributed by atoms with Crippen molar-refractivity contribution in [3.8, 4) is 0 Å². The molecule has 134 valence electrons. The van der Waals surface area contributed by atoms with E-state index in [1.165, 1.54) is 29.8 Å². The second-order valence-corrected chi connectivity index (χ2v) is 6.59. The fraction of sp³-hybridized carbons (Fsp3) is 0.333. The minimum absolute atomic E-state index is 0.0856. The summed E-state index contributed by atoms with van der Waals surface area (Å²) in [6.07, 6.45) is 0.277. The first kappa shape index (κ1) is 19.1. The Balaban J connectivity index is 1.86. The minimum Gasteiger partial charge on any atom is -0.465 e. The molecule has 1 heterocycles. The molecule has 0 saturated carbocycles. The number of thioether (sulfide) groups is 1. The van der Waals surface area contributed by atoms with Gasteiger partial charge in [-0.05, 0) is 25.1 Å². The van der Waals surface area contributed by atoms with Crippen LogP contribution < -0.4 is 0 Å². The summed E-state index contributed by atoms with van der Waals surface area (Å²) in [5.74, 6) is 0.609. The van der Waals surface area contributed by atoms with E-state index in [1.807, 2.05) is 0 Å². The molecule has 2 rings (SSSR count). The molecule has 7 heteroatoms. The van der Waals surface area contributed by atoms with Crippen LogP contribution in [0.25, 0.3) is 0 Å². The molecule has 0 N–H and O–H groups in total. The first-order valence-corrected chi connectivity index (χ1v) is 8.70. The predicted octanol–water partition coefficient (Wildman–Crippen LogP) is 3.65. The van der Waals surface area contributed by atoms with Gasteiger partial charge < -0.3 is 14.1 Å². The lowest BCUT2D eigenvalue weighted by atomic mass is 10.2. The molecule has 2 aromatic rings. The summed E-state index contributed by atoms with van der Waals surface area (Å²) in [7, 11) is 2.96. The second-order valence-electron chi connectivity index (χ2n) is 5.45. The molecule has 0 aliphatic heterocycles. The van der Waals surface area contributed by atoms with Crippen molar-refractivity contribution in [2.45, 2.75) is 24.8 Å². The van der Waals surface area contributed by atoms with E-state index in [4.69, 9.17) is 4.42 Å². The summed E-state index contributed by atoms with van der Waals surface area (Å²) >= 11 is 1.31. The van der Waals surface area contributed by atoms with Gasteiger partial charge in [-0.15, -0.1) is 11.8 Å². The molecular weight excluding hydrogens is 345 g/mol. The van der Waals surface area contributed by atoms with Gasteiger partial charge in [-0.1, -0.05) is 12.1 Å². The third-order valence-electron chi connectivity index (χ3n) is 3.60. The fourth-order valence-corrected chi connectivity index (χ4v) is 3.13. The van der Waals surface area contributed by atoms with Crippen LogP contribution in [0.15, 0.2) is 39.6 Å².